The molecule has 1 aromatic carbocycles. The molecule has 0 aliphatic rings. The number of oxime groups is 1. The Morgan fingerprint density at radius 2 is 1.65 bits per heavy atom. The molecule has 146 valence electrons. The van der Waals surface area contributed by atoms with Crippen LogP contribution in [0.1, 0.15) is 64.9 Å². The summed E-state index contributed by atoms with van der Waals surface area (Å²) in [7, 11) is 0. The van der Waals surface area contributed by atoms with Gasteiger partial charge in [0.15, 0.2) is 17.2 Å². The lowest BCUT2D eigenvalue weighted by Gasteiger charge is -2.33. The normalized spacial score (nSPS) is 12.2. The summed E-state index contributed by atoms with van der Waals surface area (Å²) < 4.78 is 0. The Kier molecular flexibility index (Phi) is 8.72. The molecule has 1 aromatic rings. The van der Waals surface area contributed by atoms with Crippen molar-refractivity contribution < 1.29 is 20.2 Å². The van der Waals surface area contributed by atoms with Crippen LogP contribution in [0.2, 0.25) is 5.02 Å². The van der Waals surface area contributed by atoms with Gasteiger partial charge in [-0.15, -0.1) is 0 Å². The first-order chi connectivity index (χ1) is 12.4. The van der Waals surface area contributed by atoms with Gasteiger partial charge in [-0.2, -0.15) is 0 Å². The molecule has 0 bridgehead atoms. The molecule has 0 heterocycles. The molecule has 4 N–H and O–H groups in total. The Balaban J connectivity index is 3.01. The number of nitrogens with zero attached hydrogens (tertiary/aromatic N) is 1. The lowest BCUT2D eigenvalue weighted by atomic mass is 9.75. The molecular weight excluding hydrogens is 356 g/mol. The Bertz CT molecular complexity index is 630. The minimum Gasteiger partial charge on any atom is -0.504 e. The van der Waals surface area contributed by atoms with Crippen molar-refractivity contribution in [1.29, 1.82) is 0 Å². The fourth-order valence-electron chi connectivity index (χ4n) is 3.54. The van der Waals surface area contributed by atoms with E-state index in [1.165, 1.54) is 12.1 Å². The van der Waals surface area contributed by atoms with E-state index in [0.717, 1.165) is 38.5 Å². The van der Waals surface area contributed by atoms with Gasteiger partial charge in [0.2, 0.25) is 0 Å². The highest BCUT2D eigenvalue weighted by Gasteiger charge is 2.29. The SMILES string of the molecule is CCCC(CCC)(CCC)CNC(=O)/C(=N/O)c1ccc(O)c(O)c1Cl. The highest BCUT2D eigenvalue weighted by molar-refractivity contribution is 6.49. The van der Waals surface area contributed by atoms with Gasteiger partial charge in [-0.3, -0.25) is 4.79 Å². The fraction of sp³-hybridized carbons (Fsp3) is 0.579. The van der Waals surface area contributed by atoms with Crippen LogP contribution in [0.3, 0.4) is 0 Å². The summed E-state index contributed by atoms with van der Waals surface area (Å²) in [6, 6.07) is 2.51. The topological polar surface area (TPSA) is 102 Å². The molecule has 0 saturated carbocycles. The van der Waals surface area contributed by atoms with E-state index in [2.05, 4.69) is 31.2 Å². The molecule has 0 unspecified atom stereocenters. The first kappa shape index (κ1) is 22.1. The predicted octanol–water partition coefficient (Wildman–Crippen LogP) is 4.43. The van der Waals surface area contributed by atoms with Crippen LogP contribution >= 0.6 is 11.6 Å². The van der Waals surface area contributed by atoms with E-state index in [1.807, 2.05) is 0 Å². The average Bonchev–Trinajstić information content (AvgIpc) is 2.61. The maximum Gasteiger partial charge on any atom is 0.274 e. The van der Waals surface area contributed by atoms with Crippen LogP contribution < -0.4 is 5.32 Å². The predicted molar refractivity (Wildman–Crippen MR) is 103 cm³/mol. The van der Waals surface area contributed by atoms with Gasteiger partial charge >= 0.3 is 0 Å². The van der Waals surface area contributed by atoms with Gasteiger partial charge in [0.1, 0.15) is 0 Å². The lowest BCUT2D eigenvalue weighted by molar-refractivity contribution is -0.115. The molecule has 0 saturated heterocycles. The summed E-state index contributed by atoms with van der Waals surface area (Å²) in [6.45, 7) is 6.85. The number of benzene rings is 1. The minimum atomic E-state index is -0.577. The van der Waals surface area contributed by atoms with Crippen molar-refractivity contribution in [2.75, 3.05) is 6.54 Å². The zero-order valence-electron chi connectivity index (χ0n) is 15.7. The third-order valence-electron chi connectivity index (χ3n) is 4.63. The second kappa shape index (κ2) is 10.3. The Labute approximate surface area is 159 Å². The zero-order valence-corrected chi connectivity index (χ0v) is 16.4. The van der Waals surface area contributed by atoms with Gasteiger partial charge in [0.05, 0.1) is 5.02 Å². The number of phenols is 2. The molecule has 0 aliphatic carbocycles. The number of carbonyl (C=O) groups is 1. The largest absolute Gasteiger partial charge is 0.504 e. The monoisotopic (exact) mass is 384 g/mol. The standard InChI is InChI=1S/C19H29ClN2O4/c1-4-9-19(10-5-2,11-6-3)12-21-18(25)16(22-26)13-7-8-14(23)17(24)15(13)20/h7-8,23-24,26H,4-6,9-12H2,1-3H3,(H,21,25)/b22-16+. The molecule has 0 radical (unpaired) electrons. The Morgan fingerprint density at radius 3 is 2.12 bits per heavy atom. The van der Waals surface area contributed by atoms with Crippen molar-refractivity contribution >= 4 is 23.2 Å². The molecule has 26 heavy (non-hydrogen) atoms. The number of nitrogens with one attached hydrogen (secondary N) is 1. The summed E-state index contributed by atoms with van der Waals surface area (Å²) in [5.74, 6) is -1.55. The van der Waals surface area contributed by atoms with E-state index in [-0.39, 0.29) is 21.7 Å². The second-order valence-corrected chi connectivity index (χ2v) is 7.05. The second-order valence-electron chi connectivity index (χ2n) is 6.68. The highest BCUT2D eigenvalue weighted by Crippen LogP contribution is 2.36. The summed E-state index contributed by atoms with van der Waals surface area (Å²) in [5, 5.41) is 34.2. The van der Waals surface area contributed by atoms with Crippen molar-refractivity contribution in [3.63, 3.8) is 0 Å². The van der Waals surface area contributed by atoms with Gasteiger partial charge in [0.25, 0.3) is 5.91 Å². The maximum absolute atomic E-state index is 12.6. The van der Waals surface area contributed by atoms with E-state index < -0.39 is 17.4 Å². The Hall–Kier alpha value is -1.95. The molecule has 7 heteroatoms. The van der Waals surface area contributed by atoms with Crippen LogP contribution in [-0.4, -0.2) is 33.6 Å². The van der Waals surface area contributed by atoms with E-state index in [0.29, 0.717) is 6.54 Å². The zero-order chi connectivity index (χ0) is 19.7. The van der Waals surface area contributed by atoms with Gasteiger partial charge in [-0.25, -0.2) is 0 Å². The molecule has 0 spiro atoms. The molecule has 0 aromatic heterocycles. The van der Waals surface area contributed by atoms with E-state index in [1.54, 1.807) is 0 Å². The number of phenolic OH excluding ortho intramolecular Hbond substituents is 2. The molecule has 6 nitrogen and oxygen atoms in total. The van der Waals surface area contributed by atoms with Crippen molar-refractivity contribution in [3.05, 3.63) is 22.7 Å². The van der Waals surface area contributed by atoms with Crippen LogP contribution in [0.5, 0.6) is 11.5 Å². The van der Waals surface area contributed by atoms with Gasteiger partial charge in [0, 0.05) is 12.1 Å². The number of halogens is 1. The van der Waals surface area contributed by atoms with E-state index in [9.17, 15) is 20.2 Å². The van der Waals surface area contributed by atoms with Gasteiger partial charge in [-0.1, -0.05) is 56.8 Å². The van der Waals surface area contributed by atoms with Crippen molar-refractivity contribution in [3.8, 4) is 11.5 Å². The first-order valence-corrected chi connectivity index (χ1v) is 9.44. The Morgan fingerprint density at radius 1 is 1.12 bits per heavy atom. The fourth-order valence-corrected chi connectivity index (χ4v) is 3.79. The first-order valence-electron chi connectivity index (χ1n) is 9.06. The van der Waals surface area contributed by atoms with Crippen LogP contribution in [0.15, 0.2) is 17.3 Å². The molecule has 0 atom stereocenters. The van der Waals surface area contributed by atoms with Crippen molar-refractivity contribution in [2.45, 2.75) is 59.3 Å². The van der Waals surface area contributed by atoms with Gasteiger partial charge in [-0.05, 0) is 36.8 Å². The summed E-state index contributed by atoms with van der Waals surface area (Å²) in [5.41, 5.74) is -0.243. The van der Waals surface area contributed by atoms with E-state index in [4.69, 9.17) is 11.6 Å². The number of hydrogen-bond acceptors (Lipinski definition) is 5. The van der Waals surface area contributed by atoms with Crippen LogP contribution in [0.25, 0.3) is 0 Å². The molecule has 1 rings (SSSR count). The third-order valence-corrected chi connectivity index (χ3v) is 5.01. The number of aromatic hydroxyl groups is 2. The lowest BCUT2D eigenvalue weighted by Crippen LogP contribution is -2.41. The number of carbonyl (C=O) groups excluding carboxylic acids is 1. The molecule has 1 amide bonds. The smallest absolute Gasteiger partial charge is 0.274 e. The van der Waals surface area contributed by atoms with Crippen LogP contribution in [0, 0.1) is 5.41 Å². The van der Waals surface area contributed by atoms with E-state index >= 15 is 0 Å². The molecule has 0 aliphatic heterocycles. The number of amides is 1. The molecular formula is C19H29ClN2O4. The van der Waals surface area contributed by atoms with Crippen LogP contribution in [-0.2, 0) is 4.79 Å². The van der Waals surface area contributed by atoms with Crippen molar-refractivity contribution in [1.82, 2.24) is 5.32 Å². The minimum absolute atomic E-state index is 0.00929. The maximum atomic E-state index is 12.6. The van der Waals surface area contributed by atoms with Gasteiger partial charge < -0.3 is 20.7 Å². The summed E-state index contributed by atoms with van der Waals surface area (Å²) in [6.07, 6.45) is 6.07. The van der Waals surface area contributed by atoms with Crippen LogP contribution in [0.4, 0.5) is 0 Å². The quantitative estimate of drug-likeness (QED) is 0.207. The average molecular weight is 385 g/mol. The van der Waals surface area contributed by atoms with Crippen molar-refractivity contribution in [2.24, 2.45) is 10.6 Å². The summed E-state index contributed by atoms with van der Waals surface area (Å²) >= 11 is 5.97. The third kappa shape index (κ3) is 5.27. The number of hydrogen-bond donors (Lipinski definition) is 4. The molecule has 0 fully saturated rings. The highest BCUT2D eigenvalue weighted by atomic mass is 35.5. The summed E-state index contributed by atoms with van der Waals surface area (Å²) in [4.78, 5) is 12.6. The number of rotatable bonds is 10.